The van der Waals surface area contributed by atoms with E-state index in [0.717, 1.165) is 40.9 Å². The van der Waals surface area contributed by atoms with Gasteiger partial charge in [-0.15, -0.1) is 0 Å². The summed E-state index contributed by atoms with van der Waals surface area (Å²) in [6.45, 7) is 3.51. The zero-order chi connectivity index (χ0) is 19.3. The van der Waals surface area contributed by atoms with E-state index in [4.69, 9.17) is 5.11 Å². The second-order valence-electron chi connectivity index (χ2n) is 6.94. The molecule has 4 rings (SSSR count). The van der Waals surface area contributed by atoms with Crippen LogP contribution in [0.15, 0.2) is 65.7 Å². The molecule has 1 fully saturated rings. The van der Waals surface area contributed by atoms with Crippen LogP contribution < -0.4 is 4.72 Å². The van der Waals surface area contributed by atoms with E-state index in [1.165, 1.54) is 11.9 Å². The van der Waals surface area contributed by atoms with Gasteiger partial charge in [-0.3, -0.25) is 9.78 Å². The lowest BCUT2D eigenvalue weighted by Gasteiger charge is -2.41. The van der Waals surface area contributed by atoms with Crippen LogP contribution in [0.25, 0.3) is 10.9 Å². The third kappa shape index (κ3) is 5.29. The van der Waals surface area contributed by atoms with Gasteiger partial charge < -0.3 is 14.7 Å². The maximum Gasteiger partial charge on any atom is 0.150 e. The number of fused-ring (bicyclic) bond motifs is 1. The Morgan fingerprint density at radius 3 is 2.44 bits per heavy atom. The number of aliphatic hydroxyl groups is 1. The van der Waals surface area contributed by atoms with Crippen molar-refractivity contribution in [3.05, 3.63) is 66.4 Å². The number of pyridine rings is 1. The monoisotopic (exact) mass is 381 g/mol. The van der Waals surface area contributed by atoms with Crippen LogP contribution >= 0.6 is 11.9 Å². The number of aldehydes is 1. The molecule has 1 saturated heterocycles. The van der Waals surface area contributed by atoms with Crippen LogP contribution in [-0.4, -0.2) is 47.0 Å². The molecule has 0 saturated carbocycles. The van der Waals surface area contributed by atoms with E-state index in [0.29, 0.717) is 5.56 Å². The first-order valence-electron chi connectivity index (χ1n) is 8.70. The molecular weight excluding hydrogens is 358 g/mol. The van der Waals surface area contributed by atoms with E-state index in [1.807, 2.05) is 56.4 Å². The Bertz CT molecular complexity index is 899. The van der Waals surface area contributed by atoms with Gasteiger partial charge in [0.05, 0.1) is 16.0 Å². The molecule has 0 bridgehead atoms. The molecule has 6 heteroatoms. The minimum atomic E-state index is -0.380. The van der Waals surface area contributed by atoms with Crippen molar-refractivity contribution in [2.45, 2.75) is 17.4 Å². The van der Waals surface area contributed by atoms with Gasteiger partial charge in [0, 0.05) is 35.9 Å². The number of anilines is 1. The zero-order valence-electron chi connectivity index (χ0n) is 15.4. The second-order valence-corrected chi connectivity index (χ2v) is 7.79. The summed E-state index contributed by atoms with van der Waals surface area (Å²) in [6, 6.07) is 17.4. The minimum Gasteiger partial charge on any atom is -0.388 e. The number of β-amino-alcohol motifs (C(OH)–C–C–N with tert-alkyl or cyclic N) is 1. The highest BCUT2D eigenvalue weighted by molar-refractivity contribution is 8.00. The summed E-state index contributed by atoms with van der Waals surface area (Å²) in [5, 5.41) is 10.2. The van der Waals surface area contributed by atoms with Gasteiger partial charge in [-0.05, 0) is 62.3 Å². The Balaban J connectivity index is 0.000000253. The standard InChI is InChI=1S/C16H12N2OS.C5H11NO/c19-11-12-6-8-14(9-7-12)18-20-15-5-1-3-13-4-2-10-17-16(13)15;1-5(7)3-6(2)4-5/h1-11,18H;7H,3-4H2,1-2H3. The van der Waals surface area contributed by atoms with E-state index in [-0.39, 0.29) is 5.60 Å². The largest absolute Gasteiger partial charge is 0.388 e. The fraction of sp³-hybridized carbons (Fsp3) is 0.238. The molecule has 0 amide bonds. The highest BCUT2D eigenvalue weighted by Crippen LogP contribution is 2.27. The molecule has 0 spiro atoms. The van der Waals surface area contributed by atoms with Crippen molar-refractivity contribution in [3.63, 3.8) is 0 Å². The first-order valence-corrected chi connectivity index (χ1v) is 9.51. The lowest BCUT2D eigenvalue weighted by Crippen LogP contribution is -2.57. The average molecular weight is 382 g/mol. The van der Waals surface area contributed by atoms with Gasteiger partial charge in [-0.2, -0.15) is 0 Å². The number of benzene rings is 2. The fourth-order valence-corrected chi connectivity index (χ4v) is 3.80. The highest BCUT2D eigenvalue weighted by atomic mass is 32.2. The maximum absolute atomic E-state index is 10.6. The van der Waals surface area contributed by atoms with Gasteiger partial charge >= 0.3 is 0 Å². The lowest BCUT2D eigenvalue weighted by atomic mass is 9.98. The van der Waals surface area contributed by atoms with Crippen LogP contribution in [0.1, 0.15) is 17.3 Å². The van der Waals surface area contributed by atoms with Gasteiger partial charge in [0.15, 0.2) is 0 Å². The van der Waals surface area contributed by atoms with Gasteiger partial charge in [0.1, 0.15) is 6.29 Å². The number of likely N-dealkylation sites (N-methyl/N-ethyl adjacent to an activating group) is 1. The number of carbonyl (C=O) groups is 1. The number of hydrogen-bond donors (Lipinski definition) is 2. The predicted octanol–water partition coefficient (Wildman–Crippen LogP) is 3.85. The molecule has 0 atom stereocenters. The maximum atomic E-state index is 10.6. The van der Waals surface area contributed by atoms with Crippen molar-refractivity contribution in [1.29, 1.82) is 0 Å². The van der Waals surface area contributed by atoms with Crippen LogP contribution in [0.5, 0.6) is 0 Å². The van der Waals surface area contributed by atoms with E-state index < -0.39 is 0 Å². The summed E-state index contributed by atoms with van der Waals surface area (Å²) in [6.07, 6.45) is 2.64. The Labute approximate surface area is 163 Å². The molecule has 140 valence electrons. The first kappa shape index (κ1) is 19.4. The molecule has 2 aromatic carbocycles. The number of nitrogens with one attached hydrogen (secondary N) is 1. The van der Waals surface area contributed by atoms with Crippen molar-refractivity contribution in [2.75, 3.05) is 24.9 Å². The number of carbonyl (C=O) groups excluding carboxylic acids is 1. The van der Waals surface area contributed by atoms with Crippen LogP contribution in [0.4, 0.5) is 5.69 Å². The quantitative estimate of drug-likeness (QED) is 0.529. The average Bonchev–Trinajstić information content (AvgIpc) is 2.66. The molecule has 1 aliphatic heterocycles. The van der Waals surface area contributed by atoms with Gasteiger partial charge in [0.2, 0.25) is 0 Å². The molecule has 0 radical (unpaired) electrons. The van der Waals surface area contributed by atoms with Crippen molar-refractivity contribution >= 4 is 34.8 Å². The SMILES string of the molecule is CN1CC(C)(O)C1.O=Cc1ccc(NSc2cccc3cccnc23)cc1. The van der Waals surface area contributed by atoms with Crippen molar-refractivity contribution in [2.24, 2.45) is 0 Å². The molecule has 1 aromatic heterocycles. The Hall–Kier alpha value is -2.41. The molecule has 1 aliphatic rings. The predicted molar refractivity (Wildman–Crippen MR) is 111 cm³/mol. The fourth-order valence-electron chi connectivity index (χ4n) is 3.02. The van der Waals surface area contributed by atoms with Crippen LogP contribution in [0.2, 0.25) is 0 Å². The van der Waals surface area contributed by atoms with Crippen molar-refractivity contribution in [1.82, 2.24) is 9.88 Å². The number of nitrogens with zero attached hydrogens (tertiary/aromatic N) is 2. The van der Waals surface area contributed by atoms with Crippen LogP contribution in [0, 0.1) is 0 Å². The topological polar surface area (TPSA) is 65.5 Å². The Morgan fingerprint density at radius 2 is 1.85 bits per heavy atom. The number of rotatable bonds is 4. The summed E-state index contributed by atoms with van der Waals surface area (Å²) in [4.78, 5) is 18.2. The Kier molecular flexibility index (Phi) is 6.11. The number of para-hydroxylation sites is 1. The smallest absolute Gasteiger partial charge is 0.150 e. The normalized spacial score (nSPS) is 15.4. The molecule has 27 heavy (non-hydrogen) atoms. The third-order valence-corrected chi connectivity index (χ3v) is 5.03. The molecule has 3 aromatic rings. The number of hydrogen-bond acceptors (Lipinski definition) is 6. The zero-order valence-corrected chi connectivity index (χ0v) is 16.2. The molecular formula is C21H23N3O2S. The van der Waals surface area contributed by atoms with Crippen LogP contribution in [0.3, 0.4) is 0 Å². The van der Waals surface area contributed by atoms with E-state index in [2.05, 4.69) is 14.6 Å². The minimum absolute atomic E-state index is 0.380. The van der Waals surface area contributed by atoms with E-state index >= 15 is 0 Å². The molecule has 0 unspecified atom stereocenters. The van der Waals surface area contributed by atoms with Crippen molar-refractivity contribution < 1.29 is 9.90 Å². The second kappa shape index (κ2) is 8.52. The van der Waals surface area contributed by atoms with Gasteiger partial charge in [0.25, 0.3) is 0 Å². The molecule has 2 heterocycles. The Morgan fingerprint density at radius 1 is 1.15 bits per heavy atom. The third-order valence-electron chi connectivity index (χ3n) is 4.14. The number of aromatic nitrogens is 1. The summed E-state index contributed by atoms with van der Waals surface area (Å²) >= 11 is 1.52. The van der Waals surface area contributed by atoms with Crippen LogP contribution in [-0.2, 0) is 0 Å². The molecule has 5 nitrogen and oxygen atoms in total. The lowest BCUT2D eigenvalue weighted by molar-refractivity contribution is -0.0705. The van der Waals surface area contributed by atoms with E-state index in [1.54, 1.807) is 18.3 Å². The van der Waals surface area contributed by atoms with Gasteiger partial charge in [-0.1, -0.05) is 18.2 Å². The summed E-state index contributed by atoms with van der Waals surface area (Å²) in [7, 11) is 2.00. The molecule has 0 aliphatic carbocycles. The molecule has 2 N–H and O–H groups in total. The van der Waals surface area contributed by atoms with E-state index in [9.17, 15) is 4.79 Å². The van der Waals surface area contributed by atoms with Gasteiger partial charge in [-0.25, -0.2) is 0 Å². The first-order chi connectivity index (χ1) is 13.0. The van der Waals surface area contributed by atoms with Crippen molar-refractivity contribution in [3.8, 4) is 0 Å². The summed E-state index contributed by atoms with van der Waals surface area (Å²) < 4.78 is 3.27. The summed E-state index contributed by atoms with van der Waals surface area (Å²) in [5.74, 6) is 0. The highest BCUT2D eigenvalue weighted by Gasteiger charge is 2.33. The summed E-state index contributed by atoms with van der Waals surface area (Å²) in [5.41, 5.74) is 2.23. The number of likely N-dealkylation sites (tertiary alicyclic amines) is 1.